The van der Waals surface area contributed by atoms with E-state index in [0.717, 1.165) is 16.7 Å². The van der Waals surface area contributed by atoms with E-state index in [1.165, 1.54) is 5.56 Å². The predicted octanol–water partition coefficient (Wildman–Crippen LogP) is 4.80. The predicted molar refractivity (Wildman–Crippen MR) is 88.2 cm³/mol. The molecule has 1 aliphatic rings. The van der Waals surface area contributed by atoms with Crippen molar-refractivity contribution in [1.29, 1.82) is 0 Å². The number of fused-ring (bicyclic) bond motifs is 1. The SMILES string of the molecule is O=C1c2ccccc2[C@H](c2ccccc2)[C@@H]1c1ccccc1. The fraction of sp³-hybridized carbons (Fsp3) is 0.0952. The van der Waals surface area contributed by atoms with Crippen LogP contribution >= 0.6 is 0 Å². The lowest BCUT2D eigenvalue weighted by Crippen LogP contribution is -2.12. The normalized spacial score (nSPS) is 19.9. The van der Waals surface area contributed by atoms with E-state index in [2.05, 4.69) is 30.3 Å². The Morgan fingerprint density at radius 2 is 1.05 bits per heavy atom. The molecule has 1 nitrogen and oxygen atoms in total. The quantitative estimate of drug-likeness (QED) is 0.660. The summed E-state index contributed by atoms with van der Waals surface area (Å²) in [5, 5.41) is 0. The van der Waals surface area contributed by atoms with Gasteiger partial charge in [0.25, 0.3) is 0 Å². The van der Waals surface area contributed by atoms with Gasteiger partial charge in [-0.3, -0.25) is 4.79 Å². The van der Waals surface area contributed by atoms with Crippen LogP contribution in [-0.4, -0.2) is 5.78 Å². The highest BCUT2D eigenvalue weighted by Gasteiger charge is 2.40. The summed E-state index contributed by atoms with van der Waals surface area (Å²) in [7, 11) is 0. The molecule has 0 amide bonds. The number of ketones is 1. The van der Waals surface area contributed by atoms with Gasteiger partial charge in [-0.2, -0.15) is 0 Å². The number of rotatable bonds is 2. The van der Waals surface area contributed by atoms with Crippen molar-refractivity contribution in [3.8, 4) is 0 Å². The zero-order valence-corrected chi connectivity index (χ0v) is 12.1. The molecule has 22 heavy (non-hydrogen) atoms. The summed E-state index contributed by atoms with van der Waals surface area (Å²) in [5.41, 5.74) is 4.31. The third-order valence-corrected chi connectivity index (χ3v) is 4.49. The summed E-state index contributed by atoms with van der Waals surface area (Å²) < 4.78 is 0. The van der Waals surface area contributed by atoms with E-state index in [-0.39, 0.29) is 17.6 Å². The van der Waals surface area contributed by atoms with Crippen molar-refractivity contribution in [3.05, 3.63) is 107 Å². The van der Waals surface area contributed by atoms with E-state index in [1.54, 1.807) is 0 Å². The molecule has 0 heterocycles. The van der Waals surface area contributed by atoms with Crippen LogP contribution < -0.4 is 0 Å². The summed E-state index contributed by atoms with van der Waals surface area (Å²) in [6, 6.07) is 28.5. The molecule has 0 spiro atoms. The van der Waals surface area contributed by atoms with Crippen molar-refractivity contribution in [2.45, 2.75) is 11.8 Å². The van der Waals surface area contributed by atoms with Crippen LogP contribution in [0.2, 0.25) is 0 Å². The Morgan fingerprint density at radius 3 is 1.68 bits per heavy atom. The number of hydrogen-bond donors (Lipinski definition) is 0. The number of hydrogen-bond acceptors (Lipinski definition) is 1. The van der Waals surface area contributed by atoms with Gasteiger partial charge in [-0.1, -0.05) is 84.9 Å². The van der Waals surface area contributed by atoms with Gasteiger partial charge in [-0.25, -0.2) is 0 Å². The monoisotopic (exact) mass is 284 g/mol. The van der Waals surface area contributed by atoms with Crippen molar-refractivity contribution < 1.29 is 4.79 Å². The third kappa shape index (κ3) is 1.98. The molecule has 0 aromatic heterocycles. The van der Waals surface area contributed by atoms with Gasteiger partial charge in [-0.15, -0.1) is 0 Å². The highest BCUT2D eigenvalue weighted by molar-refractivity contribution is 6.07. The van der Waals surface area contributed by atoms with Crippen LogP contribution in [0.15, 0.2) is 84.9 Å². The lowest BCUT2D eigenvalue weighted by Gasteiger charge is -2.20. The van der Waals surface area contributed by atoms with Gasteiger partial charge >= 0.3 is 0 Å². The first kappa shape index (κ1) is 13.0. The molecule has 0 radical (unpaired) electrons. The number of benzene rings is 3. The Bertz CT molecular complexity index is 806. The van der Waals surface area contributed by atoms with Crippen LogP contribution in [0, 0.1) is 0 Å². The summed E-state index contributed by atoms with van der Waals surface area (Å²) in [5.74, 6) is 0.212. The lowest BCUT2D eigenvalue weighted by molar-refractivity contribution is 0.0968. The lowest BCUT2D eigenvalue weighted by atomic mass is 9.81. The highest BCUT2D eigenvalue weighted by Crippen LogP contribution is 2.47. The fourth-order valence-electron chi connectivity index (χ4n) is 3.53. The first-order valence-electron chi connectivity index (χ1n) is 7.59. The number of carbonyl (C=O) groups excluding carboxylic acids is 1. The zero-order chi connectivity index (χ0) is 14.9. The topological polar surface area (TPSA) is 17.1 Å². The van der Waals surface area contributed by atoms with E-state index in [1.807, 2.05) is 54.6 Å². The minimum Gasteiger partial charge on any atom is -0.293 e. The van der Waals surface area contributed by atoms with E-state index in [4.69, 9.17) is 0 Å². The molecule has 0 unspecified atom stereocenters. The Labute approximate surface area is 130 Å². The Morgan fingerprint density at radius 1 is 0.545 bits per heavy atom. The van der Waals surface area contributed by atoms with Crippen LogP contribution in [0.4, 0.5) is 0 Å². The van der Waals surface area contributed by atoms with Crippen LogP contribution in [0.1, 0.15) is 38.9 Å². The van der Waals surface area contributed by atoms with Gasteiger partial charge in [0.15, 0.2) is 5.78 Å². The van der Waals surface area contributed by atoms with Crippen molar-refractivity contribution in [2.75, 3.05) is 0 Å². The van der Waals surface area contributed by atoms with Gasteiger partial charge in [0.1, 0.15) is 0 Å². The molecule has 0 saturated heterocycles. The van der Waals surface area contributed by atoms with Gasteiger partial charge < -0.3 is 0 Å². The molecule has 3 aromatic carbocycles. The molecule has 0 fully saturated rings. The van der Waals surface area contributed by atoms with E-state index < -0.39 is 0 Å². The molecule has 3 aromatic rings. The van der Waals surface area contributed by atoms with Crippen LogP contribution in [0.3, 0.4) is 0 Å². The maximum atomic E-state index is 13.0. The minimum absolute atomic E-state index is 0.104. The maximum Gasteiger partial charge on any atom is 0.171 e. The molecular formula is C21H16O. The summed E-state index contributed by atoms with van der Waals surface area (Å²) in [6.45, 7) is 0. The molecule has 1 heteroatoms. The van der Waals surface area contributed by atoms with Crippen molar-refractivity contribution in [1.82, 2.24) is 0 Å². The fourth-order valence-corrected chi connectivity index (χ4v) is 3.53. The van der Waals surface area contributed by atoms with Gasteiger partial charge in [0.2, 0.25) is 0 Å². The summed E-state index contributed by atoms with van der Waals surface area (Å²) in [4.78, 5) is 13.0. The highest BCUT2D eigenvalue weighted by atomic mass is 16.1. The van der Waals surface area contributed by atoms with Crippen LogP contribution in [-0.2, 0) is 0 Å². The largest absolute Gasteiger partial charge is 0.293 e. The van der Waals surface area contributed by atoms with Gasteiger partial charge in [0, 0.05) is 11.5 Å². The van der Waals surface area contributed by atoms with E-state index in [0.29, 0.717) is 0 Å². The maximum absolute atomic E-state index is 13.0. The van der Waals surface area contributed by atoms with E-state index in [9.17, 15) is 4.79 Å². The Balaban J connectivity index is 1.92. The Hall–Kier alpha value is -2.67. The first-order valence-corrected chi connectivity index (χ1v) is 7.59. The van der Waals surface area contributed by atoms with E-state index >= 15 is 0 Å². The second-order valence-electron chi connectivity index (χ2n) is 5.73. The Kier molecular flexibility index (Phi) is 3.12. The molecule has 4 rings (SSSR count). The molecule has 0 N–H and O–H groups in total. The van der Waals surface area contributed by atoms with Gasteiger partial charge in [-0.05, 0) is 16.7 Å². The first-order chi connectivity index (χ1) is 10.9. The number of carbonyl (C=O) groups is 1. The molecule has 0 bridgehead atoms. The molecule has 0 aliphatic heterocycles. The molecular weight excluding hydrogens is 268 g/mol. The smallest absolute Gasteiger partial charge is 0.171 e. The molecule has 106 valence electrons. The van der Waals surface area contributed by atoms with Crippen molar-refractivity contribution in [3.63, 3.8) is 0 Å². The standard InChI is InChI=1S/C21H16O/c22-21-18-14-8-7-13-17(18)19(15-9-3-1-4-10-15)20(21)16-11-5-2-6-12-16/h1-14,19-20H/t19-,20-/m0/s1. The van der Waals surface area contributed by atoms with Crippen LogP contribution in [0.5, 0.6) is 0 Å². The molecule has 2 atom stereocenters. The molecule has 1 aliphatic carbocycles. The van der Waals surface area contributed by atoms with Crippen molar-refractivity contribution >= 4 is 5.78 Å². The van der Waals surface area contributed by atoms with Gasteiger partial charge in [0.05, 0.1) is 5.92 Å². The van der Waals surface area contributed by atoms with Crippen LogP contribution in [0.25, 0.3) is 0 Å². The summed E-state index contributed by atoms with van der Waals surface area (Å²) in [6.07, 6.45) is 0. The average Bonchev–Trinajstić information content (AvgIpc) is 2.90. The third-order valence-electron chi connectivity index (χ3n) is 4.49. The average molecular weight is 284 g/mol. The second kappa shape index (κ2) is 5.27. The summed E-state index contributed by atoms with van der Waals surface area (Å²) >= 11 is 0. The second-order valence-corrected chi connectivity index (χ2v) is 5.73. The molecule has 0 saturated carbocycles. The number of Topliss-reactive ketones (excluding diaryl/α,β-unsaturated/α-hetero) is 1. The zero-order valence-electron chi connectivity index (χ0n) is 12.1. The van der Waals surface area contributed by atoms with Crippen molar-refractivity contribution in [2.24, 2.45) is 0 Å². The minimum atomic E-state index is -0.124.